The molecule has 3 aromatic rings. The van der Waals surface area contributed by atoms with Crippen LogP contribution in [0.4, 0.5) is 0 Å². The van der Waals surface area contributed by atoms with Gasteiger partial charge in [0.1, 0.15) is 11.5 Å². The van der Waals surface area contributed by atoms with E-state index < -0.39 is 0 Å². The minimum atomic E-state index is 0.160. The molecule has 0 unspecified atom stereocenters. The topological polar surface area (TPSA) is 83.9 Å². The number of aromatic hydroxyl groups is 1. The van der Waals surface area contributed by atoms with E-state index in [1.165, 1.54) is 0 Å². The molecule has 1 aromatic heterocycles. The van der Waals surface area contributed by atoms with Crippen LogP contribution in [0.15, 0.2) is 30.3 Å². The van der Waals surface area contributed by atoms with Gasteiger partial charge in [-0.1, -0.05) is 37.0 Å². The third-order valence-corrected chi connectivity index (χ3v) is 4.22. The molecule has 0 saturated heterocycles. The Morgan fingerprint density at radius 3 is 2.48 bits per heavy atom. The quantitative estimate of drug-likeness (QED) is 0.670. The monoisotopic (exact) mass is 378 g/mol. The molecule has 0 spiro atoms. The van der Waals surface area contributed by atoms with Crippen molar-refractivity contribution in [3.05, 3.63) is 57.3 Å². The molecule has 0 bridgehead atoms. The number of hydrogen-bond acceptors (Lipinski definition) is 5. The van der Waals surface area contributed by atoms with E-state index in [2.05, 4.69) is 20.6 Å². The summed E-state index contributed by atoms with van der Waals surface area (Å²) in [5.74, 6) is 1.92. The van der Waals surface area contributed by atoms with E-state index in [1.807, 2.05) is 13.8 Å². The lowest BCUT2D eigenvalue weighted by atomic mass is 10.0. The molecule has 2 aromatic carbocycles. The molecule has 25 heavy (non-hydrogen) atoms. The molecular formula is C17H16Cl2N4O2. The van der Waals surface area contributed by atoms with Crippen molar-refractivity contribution in [1.29, 1.82) is 0 Å². The highest BCUT2D eigenvalue weighted by molar-refractivity contribution is 6.37. The fourth-order valence-electron chi connectivity index (χ4n) is 2.44. The van der Waals surface area contributed by atoms with Crippen molar-refractivity contribution in [2.45, 2.75) is 26.2 Å². The van der Waals surface area contributed by atoms with Gasteiger partial charge in [-0.05, 0) is 52.2 Å². The number of halogens is 2. The molecule has 0 aliphatic carbocycles. The fraction of sp³-hybridized carbons (Fsp3) is 0.235. The van der Waals surface area contributed by atoms with Gasteiger partial charge < -0.3 is 9.84 Å². The highest BCUT2D eigenvalue weighted by atomic mass is 35.5. The second-order valence-corrected chi connectivity index (χ2v) is 6.71. The normalized spacial score (nSPS) is 11.1. The summed E-state index contributed by atoms with van der Waals surface area (Å²) >= 11 is 12.7. The smallest absolute Gasteiger partial charge is 0.164 e. The van der Waals surface area contributed by atoms with Gasteiger partial charge in [0, 0.05) is 12.0 Å². The maximum Gasteiger partial charge on any atom is 0.164 e. The number of ether oxygens (including phenoxy) is 1. The number of nitrogens with zero attached hydrogens (tertiary/aromatic N) is 3. The average Bonchev–Trinajstić information content (AvgIpc) is 3.05. The summed E-state index contributed by atoms with van der Waals surface area (Å²) in [6.07, 6.45) is 0.476. The van der Waals surface area contributed by atoms with E-state index >= 15 is 0 Å². The number of rotatable bonds is 5. The number of phenolic OH excluding ortho intramolecular Hbond substituents is 1. The van der Waals surface area contributed by atoms with Crippen molar-refractivity contribution in [2.75, 3.05) is 0 Å². The number of aromatic nitrogens is 4. The second kappa shape index (κ2) is 7.29. The van der Waals surface area contributed by atoms with E-state index in [4.69, 9.17) is 27.9 Å². The van der Waals surface area contributed by atoms with E-state index in [1.54, 1.807) is 30.3 Å². The van der Waals surface area contributed by atoms with Crippen molar-refractivity contribution in [3.8, 4) is 17.2 Å². The SMILES string of the molecule is CC(C)c1cc(Oc2c(Cl)cc(Cc3nnn[nH]3)cc2Cl)ccc1O. The standard InChI is InChI=1S/C17H16Cl2N4O2/c1-9(2)12-8-11(3-4-15(12)24)25-17-13(18)5-10(6-14(17)19)7-16-20-22-23-21-16/h3-6,8-9,24H,7H2,1-2H3,(H,20,21,22,23). The molecule has 0 saturated carbocycles. The van der Waals surface area contributed by atoms with Crippen LogP contribution >= 0.6 is 23.2 Å². The lowest BCUT2D eigenvalue weighted by Crippen LogP contribution is -1.95. The summed E-state index contributed by atoms with van der Waals surface area (Å²) in [7, 11) is 0. The zero-order chi connectivity index (χ0) is 18.0. The molecule has 0 amide bonds. The number of H-pyrrole nitrogens is 1. The van der Waals surface area contributed by atoms with Gasteiger partial charge in [-0.3, -0.25) is 0 Å². The summed E-state index contributed by atoms with van der Waals surface area (Å²) in [6.45, 7) is 3.98. The molecule has 3 rings (SSSR count). The fourth-order valence-corrected chi connectivity index (χ4v) is 3.04. The largest absolute Gasteiger partial charge is 0.508 e. The lowest BCUT2D eigenvalue weighted by molar-refractivity contribution is 0.455. The van der Waals surface area contributed by atoms with Crippen molar-refractivity contribution in [1.82, 2.24) is 20.6 Å². The molecule has 0 atom stereocenters. The molecule has 0 aliphatic rings. The van der Waals surface area contributed by atoms with Crippen molar-refractivity contribution in [2.24, 2.45) is 0 Å². The Kier molecular flexibility index (Phi) is 5.11. The second-order valence-electron chi connectivity index (χ2n) is 5.89. The highest BCUT2D eigenvalue weighted by Gasteiger charge is 2.14. The number of tetrazole rings is 1. The van der Waals surface area contributed by atoms with Gasteiger partial charge in [-0.2, -0.15) is 0 Å². The highest BCUT2D eigenvalue weighted by Crippen LogP contribution is 2.39. The van der Waals surface area contributed by atoms with Crippen LogP contribution < -0.4 is 4.74 Å². The van der Waals surface area contributed by atoms with Crippen LogP contribution in [0.2, 0.25) is 10.0 Å². The number of aromatic amines is 1. The Hall–Kier alpha value is -2.31. The number of phenols is 1. The van der Waals surface area contributed by atoms with Gasteiger partial charge in [0.25, 0.3) is 0 Å². The molecular weight excluding hydrogens is 363 g/mol. The van der Waals surface area contributed by atoms with E-state index in [9.17, 15) is 5.11 Å². The Morgan fingerprint density at radius 2 is 1.88 bits per heavy atom. The van der Waals surface area contributed by atoms with E-state index in [0.717, 1.165) is 11.1 Å². The van der Waals surface area contributed by atoms with Crippen LogP contribution in [0.25, 0.3) is 0 Å². The third-order valence-electron chi connectivity index (χ3n) is 3.66. The Balaban J connectivity index is 1.87. The van der Waals surface area contributed by atoms with Crippen LogP contribution in [0.5, 0.6) is 17.2 Å². The maximum absolute atomic E-state index is 9.91. The van der Waals surface area contributed by atoms with Crippen LogP contribution in [-0.4, -0.2) is 25.7 Å². The van der Waals surface area contributed by atoms with Gasteiger partial charge in [0.05, 0.1) is 10.0 Å². The van der Waals surface area contributed by atoms with E-state index in [0.29, 0.717) is 33.8 Å². The number of benzene rings is 2. The van der Waals surface area contributed by atoms with Crippen molar-refractivity contribution >= 4 is 23.2 Å². The summed E-state index contributed by atoms with van der Waals surface area (Å²) in [6, 6.07) is 8.56. The molecule has 130 valence electrons. The van der Waals surface area contributed by atoms with Gasteiger partial charge in [0.2, 0.25) is 0 Å². The van der Waals surface area contributed by atoms with Crippen LogP contribution in [0, 0.1) is 0 Å². The average molecular weight is 379 g/mol. The van der Waals surface area contributed by atoms with E-state index in [-0.39, 0.29) is 11.7 Å². The molecule has 0 fully saturated rings. The van der Waals surface area contributed by atoms with Crippen molar-refractivity contribution < 1.29 is 9.84 Å². The Labute approximate surface area is 154 Å². The van der Waals surface area contributed by atoms with Crippen molar-refractivity contribution in [3.63, 3.8) is 0 Å². The zero-order valence-corrected chi connectivity index (χ0v) is 15.1. The summed E-state index contributed by atoms with van der Waals surface area (Å²) in [5.41, 5.74) is 1.65. The first kappa shape index (κ1) is 17.5. The summed E-state index contributed by atoms with van der Waals surface area (Å²) < 4.78 is 5.85. The van der Waals surface area contributed by atoms with Gasteiger partial charge in [-0.25, -0.2) is 5.10 Å². The molecule has 0 aliphatic heterocycles. The van der Waals surface area contributed by atoms with Gasteiger partial charge in [0.15, 0.2) is 11.6 Å². The third kappa shape index (κ3) is 4.03. The summed E-state index contributed by atoms with van der Waals surface area (Å²) in [5, 5.41) is 24.3. The molecule has 0 radical (unpaired) electrons. The first-order chi connectivity index (χ1) is 11.9. The maximum atomic E-state index is 9.91. The predicted octanol–water partition coefficient (Wildman–Crippen LogP) is 4.72. The Morgan fingerprint density at radius 1 is 1.16 bits per heavy atom. The Bertz CT molecular complexity index is 859. The van der Waals surface area contributed by atoms with Gasteiger partial charge >= 0.3 is 0 Å². The van der Waals surface area contributed by atoms with Gasteiger partial charge in [-0.15, -0.1) is 5.10 Å². The predicted molar refractivity (Wildman–Crippen MR) is 95.7 cm³/mol. The van der Waals surface area contributed by atoms with Crippen LogP contribution in [-0.2, 0) is 6.42 Å². The summed E-state index contributed by atoms with van der Waals surface area (Å²) in [4.78, 5) is 0. The molecule has 2 N–H and O–H groups in total. The first-order valence-electron chi connectivity index (χ1n) is 7.65. The molecule has 1 heterocycles. The first-order valence-corrected chi connectivity index (χ1v) is 8.41. The molecule has 6 nitrogen and oxygen atoms in total. The number of nitrogens with one attached hydrogen (secondary N) is 1. The van der Waals surface area contributed by atoms with Crippen LogP contribution in [0.3, 0.4) is 0 Å². The zero-order valence-electron chi connectivity index (χ0n) is 13.6. The minimum absolute atomic E-state index is 0.160. The minimum Gasteiger partial charge on any atom is -0.508 e. The number of hydrogen-bond donors (Lipinski definition) is 2. The molecule has 8 heteroatoms. The van der Waals surface area contributed by atoms with Crippen LogP contribution in [0.1, 0.15) is 36.7 Å². The lowest BCUT2D eigenvalue weighted by Gasteiger charge is -2.14.